The van der Waals surface area contributed by atoms with Crippen molar-refractivity contribution in [3.05, 3.63) is 77.4 Å². The quantitative estimate of drug-likeness (QED) is 0.505. The van der Waals surface area contributed by atoms with Crippen LogP contribution in [0.15, 0.2) is 48.8 Å². The Labute approximate surface area is 183 Å². The van der Waals surface area contributed by atoms with Gasteiger partial charge in [-0.1, -0.05) is 19.9 Å². The second-order valence-electron chi connectivity index (χ2n) is 9.08. The molecule has 0 saturated heterocycles. The van der Waals surface area contributed by atoms with E-state index in [-0.39, 0.29) is 22.6 Å². The standard InChI is InChI=1S/C24H20F2N6/c1-23(2)14-6-9-24(23,19-8-10-27-22(29-19)17-7-11-28-30-17)21-13(14)12-18(31-32-21)20-15(25)4-3-5-16(20)26/h3-5,7-8,10-12,14H,6,9H2,1-2H3,(H,28,30)/t14-,24?/m0/s1. The third-order valence-corrected chi connectivity index (χ3v) is 7.44. The van der Waals surface area contributed by atoms with E-state index in [2.05, 4.69) is 39.2 Å². The molecule has 1 fully saturated rings. The first kappa shape index (κ1) is 19.2. The third kappa shape index (κ3) is 2.35. The minimum absolute atomic E-state index is 0.138. The average Bonchev–Trinajstić information content (AvgIpc) is 3.45. The van der Waals surface area contributed by atoms with Crippen LogP contribution in [-0.4, -0.2) is 30.4 Å². The predicted octanol–water partition coefficient (Wildman–Crippen LogP) is 4.81. The summed E-state index contributed by atoms with van der Waals surface area (Å²) in [4.78, 5) is 9.31. The number of nitrogens with zero attached hydrogens (tertiary/aromatic N) is 5. The zero-order valence-corrected chi connectivity index (χ0v) is 17.6. The van der Waals surface area contributed by atoms with Crippen molar-refractivity contribution in [2.45, 2.75) is 38.0 Å². The lowest BCUT2D eigenvalue weighted by Gasteiger charge is -2.37. The van der Waals surface area contributed by atoms with Gasteiger partial charge in [0.2, 0.25) is 0 Å². The first-order valence-corrected chi connectivity index (χ1v) is 10.6. The molecule has 2 aliphatic carbocycles. The Bertz CT molecular complexity index is 1330. The summed E-state index contributed by atoms with van der Waals surface area (Å²) in [6, 6.07) is 9.41. The van der Waals surface area contributed by atoms with Gasteiger partial charge in [0, 0.05) is 12.4 Å². The van der Waals surface area contributed by atoms with Crippen molar-refractivity contribution >= 4 is 0 Å². The van der Waals surface area contributed by atoms with Crippen molar-refractivity contribution in [1.29, 1.82) is 0 Å². The summed E-state index contributed by atoms with van der Waals surface area (Å²) in [5.74, 6) is -0.528. The van der Waals surface area contributed by atoms with Gasteiger partial charge in [0.15, 0.2) is 5.82 Å². The first-order chi connectivity index (χ1) is 15.4. The Hall–Kier alpha value is -3.55. The molecule has 1 unspecified atom stereocenters. The van der Waals surface area contributed by atoms with Crippen LogP contribution in [0.1, 0.15) is 49.6 Å². The molecule has 32 heavy (non-hydrogen) atoms. The molecule has 3 aromatic heterocycles. The highest BCUT2D eigenvalue weighted by atomic mass is 19.1. The highest BCUT2D eigenvalue weighted by molar-refractivity contribution is 5.64. The maximum Gasteiger partial charge on any atom is 0.177 e. The van der Waals surface area contributed by atoms with E-state index in [1.54, 1.807) is 12.4 Å². The topological polar surface area (TPSA) is 80.2 Å². The van der Waals surface area contributed by atoms with Crippen molar-refractivity contribution < 1.29 is 8.78 Å². The van der Waals surface area contributed by atoms with E-state index < -0.39 is 17.0 Å². The summed E-state index contributed by atoms with van der Waals surface area (Å²) in [5.41, 5.74) is 2.89. The number of H-pyrrole nitrogens is 1. The number of halogens is 2. The van der Waals surface area contributed by atoms with Crippen LogP contribution < -0.4 is 0 Å². The summed E-state index contributed by atoms with van der Waals surface area (Å²) >= 11 is 0. The zero-order chi connectivity index (χ0) is 22.1. The second kappa shape index (κ2) is 6.48. The van der Waals surface area contributed by atoms with Crippen LogP contribution in [0.5, 0.6) is 0 Å². The van der Waals surface area contributed by atoms with Crippen LogP contribution >= 0.6 is 0 Å². The zero-order valence-electron chi connectivity index (χ0n) is 17.6. The van der Waals surface area contributed by atoms with Crippen LogP contribution in [0, 0.1) is 17.0 Å². The van der Waals surface area contributed by atoms with Crippen molar-refractivity contribution in [2.24, 2.45) is 5.41 Å². The number of benzene rings is 1. The van der Waals surface area contributed by atoms with E-state index >= 15 is 0 Å². The minimum Gasteiger partial charge on any atom is -0.275 e. The van der Waals surface area contributed by atoms with Crippen molar-refractivity contribution in [3.63, 3.8) is 0 Å². The monoisotopic (exact) mass is 430 g/mol. The predicted molar refractivity (Wildman–Crippen MR) is 114 cm³/mol. The lowest BCUT2D eigenvalue weighted by atomic mass is 9.66. The Kier molecular flexibility index (Phi) is 3.88. The lowest BCUT2D eigenvalue weighted by Crippen LogP contribution is -2.38. The molecule has 1 N–H and O–H groups in total. The van der Waals surface area contributed by atoms with E-state index in [4.69, 9.17) is 4.98 Å². The summed E-state index contributed by atoms with van der Waals surface area (Å²) in [6.45, 7) is 4.43. The maximum absolute atomic E-state index is 14.4. The van der Waals surface area contributed by atoms with Gasteiger partial charge in [-0.2, -0.15) is 10.2 Å². The van der Waals surface area contributed by atoms with Crippen molar-refractivity contribution in [3.8, 4) is 22.8 Å². The van der Waals surface area contributed by atoms with Gasteiger partial charge >= 0.3 is 0 Å². The second-order valence-corrected chi connectivity index (χ2v) is 9.08. The number of fused-ring (bicyclic) bond motifs is 5. The van der Waals surface area contributed by atoms with Crippen molar-refractivity contribution in [1.82, 2.24) is 30.4 Å². The molecule has 2 atom stereocenters. The molecule has 6 nitrogen and oxygen atoms in total. The Morgan fingerprint density at radius 2 is 1.84 bits per heavy atom. The Morgan fingerprint density at radius 3 is 2.59 bits per heavy atom. The fourth-order valence-corrected chi connectivity index (χ4v) is 5.86. The summed E-state index contributed by atoms with van der Waals surface area (Å²) < 4.78 is 28.8. The summed E-state index contributed by atoms with van der Waals surface area (Å²) in [7, 11) is 0. The van der Waals surface area contributed by atoms with Crippen molar-refractivity contribution in [2.75, 3.05) is 0 Å². The molecule has 6 rings (SSSR count). The van der Waals surface area contributed by atoms with Gasteiger partial charge in [-0.05, 0) is 60.1 Å². The van der Waals surface area contributed by atoms with Crippen LogP contribution in [-0.2, 0) is 5.41 Å². The van der Waals surface area contributed by atoms with Crippen LogP contribution in [0.3, 0.4) is 0 Å². The molecule has 0 aliphatic heterocycles. The van der Waals surface area contributed by atoms with Gasteiger partial charge in [-0.25, -0.2) is 18.7 Å². The summed E-state index contributed by atoms with van der Waals surface area (Å²) in [5, 5.41) is 15.8. The summed E-state index contributed by atoms with van der Waals surface area (Å²) in [6.07, 6.45) is 5.23. The van der Waals surface area contributed by atoms with E-state index in [9.17, 15) is 8.78 Å². The van der Waals surface area contributed by atoms with Gasteiger partial charge in [0.05, 0.1) is 28.1 Å². The molecule has 2 aliphatic rings. The van der Waals surface area contributed by atoms with Crippen LogP contribution in [0.4, 0.5) is 8.78 Å². The number of hydrogen-bond donors (Lipinski definition) is 1. The smallest absolute Gasteiger partial charge is 0.177 e. The van der Waals surface area contributed by atoms with E-state index in [0.717, 1.165) is 35.5 Å². The van der Waals surface area contributed by atoms with Gasteiger partial charge in [0.25, 0.3) is 0 Å². The fourth-order valence-electron chi connectivity index (χ4n) is 5.86. The highest BCUT2D eigenvalue weighted by Gasteiger charge is 2.65. The average molecular weight is 430 g/mol. The Balaban J connectivity index is 1.54. The lowest BCUT2D eigenvalue weighted by molar-refractivity contribution is 0.243. The molecule has 0 spiro atoms. The highest BCUT2D eigenvalue weighted by Crippen LogP contribution is 2.69. The van der Waals surface area contributed by atoms with Gasteiger partial charge in [0.1, 0.15) is 17.3 Å². The van der Waals surface area contributed by atoms with Gasteiger partial charge in [-0.3, -0.25) is 5.10 Å². The molecule has 8 heteroatoms. The number of nitrogens with one attached hydrogen (secondary N) is 1. The Morgan fingerprint density at radius 1 is 1.03 bits per heavy atom. The number of aromatic amines is 1. The molecule has 2 bridgehead atoms. The SMILES string of the molecule is CC1(C)[C@H]2CCC1(c1ccnc(-c3ccn[nH]3)n1)c1nnc(-c3c(F)cccc3F)cc12. The van der Waals surface area contributed by atoms with Crippen LogP contribution in [0.25, 0.3) is 22.8 Å². The van der Waals surface area contributed by atoms with Gasteiger partial charge in [-0.15, -0.1) is 5.10 Å². The molecule has 3 heterocycles. The fraction of sp³-hybridized carbons (Fsp3) is 0.292. The normalized spacial score (nSPS) is 22.8. The molecule has 0 radical (unpaired) electrons. The molecule has 1 saturated carbocycles. The first-order valence-electron chi connectivity index (χ1n) is 10.6. The number of rotatable bonds is 3. The molecule has 1 aromatic carbocycles. The number of hydrogen-bond acceptors (Lipinski definition) is 5. The number of aromatic nitrogens is 6. The maximum atomic E-state index is 14.4. The largest absolute Gasteiger partial charge is 0.275 e. The molecule has 4 aromatic rings. The van der Waals surface area contributed by atoms with E-state index in [0.29, 0.717) is 5.82 Å². The molecular weight excluding hydrogens is 410 g/mol. The minimum atomic E-state index is -0.642. The molecule has 160 valence electrons. The van der Waals surface area contributed by atoms with E-state index in [1.807, 2.05) is 18.2 Å². The molecule has 0 amide bonds. The van der Waals surface area contributed by atoms with E-state index in [1.165, 1.54) is 18.2 Å². The van der Waals surface area contributed by atoms with Crippen LogP contribution in [0.2, 0.25) is 0 Å². The van der Waals surface area contributed by atoms with Gasteiger partial charge < -0.3 is 0 Å². The third-order valence-electron chi connectivity index (χ3n) is 7.44. The molecular formula is C24H20F2N6.